The third-order valence-electron chi connectivity index (χ3n) is 5.54. The van der Waals surface area contributed by atoms with E-state index in [0.717, 1.165) is 39.0 Å². The van der Waals surface area contributed by atoms with Crippen molar-refractivity contribution in [1.82, 2.24) is 10.3 Å². The normalized spacial score (nSPS) is 12.0. The molecule has 9 heteroatoms. The zero-order valence-electron chi connectivity index (χ0n) is 19.9. The van der Waals surface area contributed by atoms with Crippen molar-refractivity contribution in [2.45, 2.75) is 33.1 Å². The standard InChI is InChI=1S/C24H32N3O4PS/c1-16-9-11-18(12-10-16)21-20(23(28)25-3)19-15-17(2)22(26-24(19)31-21)27(33(5,29)30)13-7-6-8-14-32-4/h9-12,15,32H,6-8,13-14H2,1-5H3,(H,25,28). The Morgan fingerprint density at radius 1 is 1.15 bits per heavy atom. The summed E-state index contributed by atoms with van der Waals surface area (Å²) >= 11 is 0. The van der Waals surface area contributed by atoms with Crippen LogP contribution in [-0.4, -0.2) is 52.0 Å². The Balaban J connectivity index is 2.10. The number of benzene rings is 1. The molecule has 3 rings (SSSR count). The molecule has 0 saturated carbocycles. The van der Waals surface area contributed by atoms with Gasteiger partial charge < -0.3 is 9.73 Å². The number of hydrogen-bond donors (Lipinski definition) is 1. The lowest BCUT2D eigenvalue weighted by Crippen LogP contribution is -2.32. The number of carbonyl (C=O) groups excluding carboxylic acids is 1. The highest BCUT2D eigenvalue weighted by Crippen LogP contribution is 2.36. The summed E-state index contributed by atoms with van der Waals surface area (Å²) in [5, 5.41) is 3.23. The largest absolute Gasteiger partial charge is 0.437 e. The molecule has 0 radical (unpaired) electrons. The average Bonchev–Trinajstić information content (AvgIpc) is 3.13. The number of carbonyl (C=O) groups is 1. The van der Waals surface area contributed by atoms with Crippen LogP contribution >= 0.6 is 8.58 Å². The van der Waals surface area contributed by atoms with Gasteiger partial charge in [0, 0.05) is 19.2 Å². The van der Waals surface area contributed by atoms with Gasteiger partial charge in [-0.1, -0.05) is 36.2 Å². The first-order valence-electron chi connectivity index (χ1n) is 11.0. The summed E-state index contributed by atoms with van der Waals surface area (Å²) in [6, 6.07) is 9.48. The topological polar surface area (TPSA) is 92.5 Å². The Morgan fingerprint density at radius 3 is 2.45 bits per heavy atom. The van der Waals surface area contributed by atoms with Crippen molar-refractivity contribution < 1.29 is 17.6 Å². The molecule has 0 aliphatic carbocycles. The van der Waals surface area contributed by atoms with Crippen molar-refractivity contribution in [1.29, 1.82) is 0 Å². The van der Waals surface area contributed by atoms with Gasteiger partial charge in [0.2, 0.25) is 15.7 Å². The van der Waals surface area contributed by atoms with Crippen molar-refractivity contribution >= 4 is 41.4 Å². The van der Waals surface area contributed by atoms with Crippen LogP contribution in [0.1, 0.15) is 40.7 Å². The van der Waals surface area contributed by atoms with Crippen LogP contribution in [0, 0.1) is 13.8 Å². The number of rotatable bonds is 10. The van der Waals surface area contributed by atoms with Crippen LogP contribution in [0.15, 0.2) is 34.7 Å². The summed E-state index contributed by atoms with van der Waals surface area (Å²) in [6.45, 7) is 6.33. The molecule has 0 aliphatic rings. The third kappa shape index (κ3) is 5.74. The second-order valence-corrected chi connectivity index (χ2v) is 11.3. The Bertz CT molecular complexity index is 1240. The Hall–Kier alpha value is -2.44. The van der Waals surface area contributed by atoms with Gasteiger partial charge in [0.25, 0.3) is 5.91 Å². The van der Waals surface area contributed by atoms with Crippen molar-refractivity contribution in [3.8, 4) is 11.3 Å². The maximum atomic E-state index is 12.8. The number of furan rings is 1. The molecular formula is C24H32N3O4PS. The third-order valence-corrected chi connectivity index (χ3v) is 7.55. The second-order valence-electron chi connectivity index (χ2n) is 8.23. The van der Waals surface area contributed by atoms with Gasteiger partial charge in [-0.25, -0.2) is 8.42 Å². The second kappa shape index (κ2) is 10.7. The van der Waals surface area contributed by atoms with E-state index in [1.54, 1.807) is 13.1 Å². The lowest BCUT2D eigenvalue weighted by atomic mass is 10.0. The molecule has 0 spiro atoms. The number of sulfonamides is 1. The summed E-state index contributed by atoms with van der Waals surface area (Å²) in [5.74, 6) is 0.476. The van der Waals surface area contributed by atoms with E-state index in [1.807, 2.05) is 38.1 Å². The molecule has 33 heavy (non-hydrogen) atoms. The number of pyridine rings is 1. The molecule has 7 nitrogen and oxygen atoms in total. The molecule has 1 amide bonds. The Labute approximate surface area is 197 Å². The van der Waals surface area contributed by atoms with Gasteiger partial charge in [0.05, 0.1) is 17.2 Å². The monoisotopic (exact) mass is 489 g/mol. The first-order chi connectivity index (χ1) is 15.7. The molecule has 0 aliphatic heterocycles. The van der Waals surface area contributed by atoms with E-state index >= 15 is 0 Å². The summed E-state index contributed by atoms with van der Waals surface area (Å²) < 4.78 is 32.6. The van der Waals surface area contributed by atoms with Crippen LogP contribution in [0.4, 0.5) is 5.82 Å². The van der Waals surface area contributed by atoms with E-state index in [1.165, 1.54) is 16.7 Å². The number of nitrogens with one attached hydrogen (secondary N) is 1. The number of aryl methyl sites for hydroxylation is 2. The number of anilines is 1. The number of amides is 1. The highest BCUT2D eigenvalue weighted by Gasteiger charge is 2.26. The van der Waals surface area contributed by atoms with E-state index in [4.69, 9.17) is 4.42 Å². The van der Waals surface area contributed by atoms with Crippen molar-refractivity contribution in [2.75, 3.05) is 37.0 Å². The van der Waals surface area contributed by atoms with Gasteiger partial charge in [0.1, 0.15) is 11.6 Å². The predicted octanol–water partition coefficient (Wildman–Crippen LogP) is 4.72. The van der Waals surface area contributed by atoms with Crippen LogP contribution in [-0.2, 0) is 10.0 Å². The van der Waals surface area contributed by atoms with Crippen LogP contribution < -0.4 is 9.62 Å². The van der Waals surface area contributed by atoms with Crippen LogP contribution in [0.2, 0.25) is 0 Å². The number of unbranched alkanes of at least 4 members (excludes halogenated alkanes) is 2. The average molecular weight is 490 g/mol. The fourth-order valence-corrected chi connectivity index (χ4v) is 5.35. The number of nitrogens with zero attached hydrogens (tertiary/aromatic N) is 2. The van der Waals surface area contributed by atoms with Gasteiger partial charge in [-0.3, -0.25) is 9.10 Å². The van der Waals surface area contributed by atoms with Crippen LogP contribution in [0.25, 0.3) is 22.4 Å². The predicted molar refractivity (Wildman–Crippen MR) is 137 cm³/mol. The molecule has 1 aromatic carbocycles. The van der Waals surface area contributed by atoms with Crippen LogP contribution in [0.5, 0.6) is 0 Å². The van der Waals surface area contributed by atoms with Gasteiger partial charge in [0.15, 0.2) is 0 Å². The van der Waals surface area contributed by atoms with Crippen molar-refractivity contribution in [3.05, 3.63) is 47.0 Å². The summed E-state index contributed by atoms with van der Waals surface area (Å²) in [5.41, 5.74) is 3.16. The smallest absolute Gasteiger partial charge is 0.255 e. The molecule has 0 saturated heterocycles. The van der Waals surface area contributed by atoms with Gasteiger partial charge >= 0.3 is 0 Å². The molecule has 2 heterocycles. The first kappa shape index (κ1) is 25.2. The quantitative estimate of drug-likeness (QED) is 0.329. The molecule has 1 atom stereocenters. The number of fused-ring (bicyclic) bond motifs is 1. The van der Waals surface area contributed by atoms with Crippen molar-refractivity contribution in [2.24, 2.45) is 0 Å². The summed E-state index contributed by atoms with van der Waals surface area (Å²) in [7, 11) is -1.05. The van der Waals surface area contributed by atoms with Crippen molar-refractivity contribution in [3.63, 3.8) is 0 Å². The number of hydrogen-bond acceptors (Lipinski definition) is 5. The maximum absolute atomic E-state index is 12.8. The molecule has 178 valence electrons. The molecular weight excluding hydrogens is 457 g/mol. The van der Waals surface area contributed by atoms with Gasteiger partial charge in [-0.2, -0.15) is 4.98 Å². The van der Waals surface area contributed by atoms with Gasteiger partial charge in [-0.05, 0) is 51.1 Å². The fourth-order valence-electron chi connectivity index (χ4n) is 3.79. The highest BCUT2D eigenvalue weighted by atomic mass is 32.2. The summed E-state index contributed by atoms with van der Waals surface area (Å²) in [4.78, 5) is 17.4. The van der Waals surface area contributed by atoms with E-state index in [9.17, 15) is 13.2 Å². The van der Waals surface area contributed by atoms with E-state index < -0.39 is 10.0 Å². The number of aromatic nitrogens is 1. The Morgan fingerprint density at radius 2 is 1.85 bits per heavy atom. The minimum atomic E-state index is -3.53. The molecule has 0 bridgehead atoms. The van der Waals surface area contributed by atoms with Gasteiger partial charge in [-0.15, -0.1) is 8.58 Å². The van der Waals surface area contributed by atoms with E-state index in [0.29, 0.717) is 34.6 Å². The summed E-state index contributed by atoms with van der Waals surface area (Å²) in [6.07, 6.45) is 5.17. The maximum Gasteiger partial charge on any atom is 0.255 e. The van der Waals surface area contributed by atoms with E-state index in [2.05, 4.69) is 17.0 Å². The molecule has 2 aromatic heterocycles. The lowest BCUT2D eigenvalue weighted by Gasteiger charge is -2.22. The SMILES string of the molecule is CNC(=O)c1c(-c2ccc(C)cc2)oc2nc(N(CCCCCPC)S(C)(=O)=O)c(C)cc12. The zero-order chi connectivity index (χ0) is 24.2. The first-order valence-corrected chi connectivity index (χ1v) is 14.6. The Kier molecular flexibility index (Phi) is 8.14. The fraction of sp³-hybridized carbons (Fsp3) is 0.417. The minimum Gasteiger partial charge on any atom is -0.437 e. The lowest BCUT2D eigenvalue weighted by molar-refractivity contribution is 0.0964. The molecule has 0 fully saturated rings. The molecule has 1 unspecified atom stereocenters. The van der Waals surface area contributed by atoms with E-state index in [-0.39, 0.29) is 11.6 Å². The molecule has 3 aromatic rings. The molecule has 1 N–H and O–H groups in total. The minimum absolute atomic E-state index is 0.241. The highest BCUT2D eigenvalue weighted by molar-refractivity contribution is 7.92. The van der Waals surface area contributed by atoms with Crippen LogP contribution in [0.3, 0.4) is 0 Å². The zero-order valence-corrected chi connectivity index (χ0v) is 21.7.